The molecule has 0 aromatic heterocycles. The summed E-state index contributed by atoms with van der Waals surface area (Å²) in [6.45, 7) is 0.286. The first kappa shape index (κ1) is 24.3. The number of piperazine rings is 1. The number of ketones is 1. The maximum Gasteiger partial charge on any atom is 0.338 e. The van der Waals surface area contributed by atoms with Gasteiger partial charge in [-0.3, -0.25) is 9.59 Å². The van der Waals surface area contributed by atoms with Crippen LogP contribution >= 0.6 is 0 Å². The highest BCUT2D eigenvalue weighted by Crippen LogP contribution is 2.17. The number of ether oxygens (including phenoxy) is 1. The standard InChI is InChI=1S/C26H24N2O6S/c29-24(27-15-17-28(18-16-27)35(32,33)23-9-5-2-6-10-23)19-34-26(31)22-13-11-21(12-14-22)25(30)20-7-3-1-4-8-20/h1-14H,15-19H2. The van der Waals surface area contributed by atoms with Gasteiger partial charge in [0.2, 0.25) is 10.0 Å². The molecule has 0 unspecified atom stereocenters. The molecular formula is C26H24N2O6S. The van der Waals surface area contributed by atoms with Gasteiger partial charge in [-0.05, 0) is 24.3 Å². The van der Waals surface area contributed by atoms with E-state index in [9.17, 15) is 22.8 Å². The van der Waals surface area contributed by atoms with Crippen LogP contribution in [0.25, 0.3) is 0 Å². The van der Waals surface area contributed by atoms with Crippen LogP contribution in [0.4, 0.5) is 0 Å². The number of sulfonamides is 1. The Labute approximate surface area is 203 Å². The third kappa shape index (κ3) is 5.64. The first-order chi connectivity index (χ1) is 16.9. The van der Waals surface area contributed by atoms with Crippen LogP contribution in [0.2, 0.25) is 0 Å². The van der Waals surface area contributed by atoms with Gasteiger partial charge in [0, 0.05) is 37.3 Å². The molecule has 1 fully saturated rings. The highest BCUT2D eigenvalue weighted by molar-refractivity contribution is 7.89. The maximum absolute atomic E-state index is 12.7. The van der Waals surface area contributed by atoms with E-state index in [0.717, 1.165) is 0 Å². The summed E-state index contributed by atoms with van der Waals surface area (Å²) in [5.41, 5.74) is 1.21. The fourth-order valence-electron chi connectivity index (χ4n) is 3.74. The van der Waals surface area contributed by atoms with Crippen LogP contribution in [0.5, 0.6) is 0 Å². The summed E-state index contributed by atoms with van der Waals surface area (Å²) in [7, 11) is -3.61. The Morgan fingerprint density at radius 2 is 1.20 bits per heavy atom. The van der Waals surface area contributed by atoms with E-state index in [0.29, 0.717) is 11.1 Å². The normalized spacial score (nSPS) is 14.3. The molecule has 0 spiro atoms. The highest BCUT2D eigenvalue weighted by atomic mass is 32.2. The van der Waals surface area contributed by atoms with Gasteiger partial charge in [0.15, 0.2) is 12.4 Å². The van der Waals surface area contributed by atoms with E-state index < -0.39 is 28.5 Å². The predicted octanol–water partition coefficient (Wildman–Crippen LogP) is 2.61. The van der Waals surface area contributed by atoms with Crippen molar-refractivity contribution in [2.45, 2.75) is 4.90 Å². The molecule has 0 radical (unpaired) electrons. The number of nitrogens with zero attached hydrogens (tertiary/aromatic N) is 2. The Balaban J connectivity index is 1.27. The molecule has 180 valence electrons. The summed E-state index contributed by atoms with van der Waals surface area (Å²) in [5.74, 6) is -1.23. The zero-order valence-corrected chi connectivity index (χ0v) is 19.7. The van der Waals surface area contributed by atoms with Crippen LogP contribution in [0, 0.1) is 0 Å². The number of carbonyl (C=O) groups is 3. The van der Waals surface area contributed by atoms with Gasteiger partial charge in [-0.15, -0.1) is 0 Å². The van der Waals surface area contributed by atoms with Gasteiger partial charge in [-0.2, -0.15) is 4.31 Å². The molecule has 0 saturated carbocycles. The van der Waals surface area contributed by atoms with E-state index in [-0.39, 0.29) is 42.4 Å². The molecule has 9 heteroatoms. The number of benzene rings is 3. The van der Waals surface area contributed by atoms with Crippen molar-refractivity contribution >= 4 is 27.7 Å². The second-order valence-corrected chi connectivity index (χ2v) is 9.88. The summed E-state index contributed by atoms with van der Waals surface area (Å²) >= 11 is 0. The number of rotatable bonds is 7. The SMILES string of the molecule is O=C(OCC(=O)N1CCN(S(=O)(=O)c2ccccc2)CC1)c1ccc(C(=O)c2ccccc2)cc1. The van der Waals surface area contributed by atoms with Crippen molar-refractivity contribution < 1.29 is 27.5 Å². The second-order valence-electron chi connectivity index (χ2n) is 7.95. The minimum atomic E-state index is -3.61. The zero-order valence-electron chi connectivity index (χ0n) is 18.9. The Bertz CT molecular complexity index is 1300. The van der Waals surface area contributed by atoms with Gasteiger partial charge in [-0.1, -0.05) is 60.7 Å². The molecular weight excluding hydrogens is 468 g/mol. The smallest absolute Gasteiger partial charge is 0.338 e. The topological polar surface area (TPSA) is 101 Å². The summed E-state index contributed by atoms with van der Waals surface area (Å²) in [6.07, 6.45) is 0. The fraction of sp³-hybridized carbons (Fsp3) is 0.192. The molecule has 1 aliphatic heterocycles. The fourth-order valence-corrected chi connectivity index (χ4v) is 5.18. The summed E-state index contributed by atoms with van der Waals surface area (Å²) in [5, 5.41) is 0. The van der Waals surface area contributed by atoms with Gasteiger partial charge >= 0.3 is 5.97 Å². The van der Waals surface area contributed by atoms with Crippen LogP contribution < -0.4 is 0 Å². The lowest BCUT2D eigenvalue weighted by Gasteiger charge is -2.33. The van der Waals surface area contributed by atoms with E-state index in [1.54, 1.807) is 54.6 Å². The molecule has 0 bridgehead atoms. The van der Waals surface area contributed by atoms with Gasteiger partial charge in [-0.25, -0.2) is 13.2 Å². The molecule has 1 amide bonds. The van der Waals surface area contributed by atoms with Crippen molar-refractivity contribution in [2.75, 3.05) is 32.8 Å². The molecule has 3 aromatic carbocycles. The highest BCUT2D eigenvalue weighted by Gasteiger charge is 2.30. The van der Waals surface area contributed by atoms with E-state index in [1.165, 1.54) is 33.5 Å². The molecule has 0 N–H and O–H groups in total. The van der Waals surface area contributed by atoms with Gasteiger partial charge in [0.05, 0.1) is 10.5 Å². The van der Waals surface area contributed by atoms with E-state index >= 15 is 0 Å². The van der Waals surface area contributed by atoms with Crippen molar-refractivity contribution in [3.05, 3.63) is 102 Å². The second kappa shape index (κ2) is 10.6. The molecule has 4 rings (SSSR count). The van der Waals surface area contributed by atoms with Crippen LogP contribution in [0.15, 0.2) is 89.8 Å². The molecule has 3 aromatic rings. The molecule has 1 saturated heterocycles. The average molecular weight is 493 g/mol. The third-order valence-corrected chi connectivity index (χ3v) is 7.63. The van der Waals surface area contributed by atoms with Crippen LogP contribution in [0.1, 0.15) is 26.3 Å². The van der Waals surface area contributed by atoms with Gasteiger partial charge in [0.1, 0.15) is 0 Å². The quantitative estimate of drug-likeness (QED) is 0.371. The van der Waals surface area contributed by atoms with Crippen LogP contribution in [-0.2, 0) is 19.6 Å². The first-order valence-electron chi connectivity index (χ1n) is 11.1. The number of hydrogen-bond donors (Lipinski definition) is 0. The number of amides is 1. The van der Waals surface area contributed by atoms with Crippen LogP contribution in [-0.4, -0.2) is 68.1 Å². The molecule has 8 nitrogen and oxygen atoms in total. The number of carbonyl (C=O) groups excluding carboxylic acids is 3. The largest absolute Gasteiger partial charge is 0.452 e. The van der Waals surface area contributed by atoms with Crippen LogP contribution in [0.3, 0.4) is 0 Å². The number of hydrogen-bond acceptors (Lipinski definition) is 6. The van der Waals surface area contributed by atoms with Crippen molar-refractivity contribution in [2.24, 2.45) is 0 Å². The van der Waals surface area contributed by atoms with E-state index in [2.05, 4.69) is 0 Å². The molecule has 1 heterocycles. The van der Waals surface area contributed by atoms with Crippen molar-refractivity contribution in [3.8, 4) is 0 Å². The zero-order chi connectivity index (χ0) is 24.8. The summed E-state index contributed by atoms with van der Waals surface area (Å²) in [4.78, 5) is 39.0. The van der Waals surface area contributed by atoms with Gasteiger partial charge < -0.3 is 9.64 Å². The van der Waals surface area contributed by atoms with Crippen molar-refractivity contribution in [1.82, 2.24) is 9.21 Å². The number of esters is 1. The summed E-state index contributed by atoms with van der Waals surface area (Å²) < 4.78 is 31.9. The Hall–Kier alpha value is -3.82. The maximum atomic E-state index is 12.7. The monoisotopic (exact) mass is 492 g/mol. The Kier molecular flexibility index (Phi) is 7.38. The lowest BCUT2D eigenvalue weighted by Crippen LogP contribution is -2.51. The average Bonchev–Trinajstić information content (AvgIpc) is 2.92. The van der Waals surface area contributed by atoms with Crippen molar-refractivity contribution in [1.29, 1.82) is 0 Å². The first-order valence-corrected chi connectivity index (χ1v) is 12.5. The lowest BCUT2D eigenvalue weighted by atomic mass is 10.0. The predicted molar refractivity (Wildman–Crippen MR) is 128 cm³/mol. The molecule has 1 aliphatic rings. The minimum absolute atomic E-state index is 0.158. The molecule has 0 aliphatic carbocycles. The summed E-state index contributed by atoms with van der Waals surface area (Å²) in [6, 6.07) is 23.0. The third-order valence-electron chi connectivity index (χ3n) is 5.72. The Morgan fingerprint density at radius 3 is 1.80 bits per heavy atom. The van der Waals surface area contributed by atoms with Crippen molar-refractivity contribution in [3.63, 3.8) is 0 Å². The van der Waals surface area contributed by atoms with E-state index in [4.69, 9.17) is 4.74 Å². The van der Waals surface area contributed by atoms with E-state index in [1.807, 2.05) is 6.07 Å². The molecule has 35 heavy (non-hydrogen) atoms. The molecule has 0 atom stereocenters. The Morgan fingerprint density at radius 1 is 0.686 bits per heavy atom. The van der Waals surface area contributed by atoms with Gasteiger partial charge in [0.25, 0.3) is 5.91 Å². The minimum Gasteiger partial charge on any atom is -0.452 e. The lowest BCUT2D eigenvalue weighted by molar-refractivity contribution is -0.135.